The van der Waals surface area contributed by atoms with Gasteiger partial charge >= 0.3 is 0 Å². The van der Waals surface area contributed by atoms with Crippen LogP contribution in [0.3, 0.4) is 0 Å². The van der Waals surface area contributed by atoms with Crippen molar-refractivity contribution in [1.82, 2.24) is 0 Å². The van der Waals surface area contributed by atoms with Crippen LogP contribution in [0.4, 0.5) is 4.39 Å². The van der Waals surface area contributed by atoms with E-state index in [4.69, 9.17) is 5.11 Å². The molecule has 2 heteroatoms. The molecule has 0 aromatic rings. The van der Waals surface area contributed by atoms with Crippen LogP contribution in [0, 0.1) is 5.92 Å². The van der Waals surface area contributed by atoms with Gasteiger partial charge in [-0.2, -0.15) is 0 Å². The van der Waals surface area contributed by atoms with Crippen LogP contribution in [0.5, 0.6) is 0 Å². The second-order valence-electron chi connectivity index (χ2n) is 2.05. The molecule has 0 amide bonds. The van der Waals surface area contributed by atoms with E-state index in [0.29, 0.717) is 0 Å². The maximum atomic E-state index is 12.3. The normalized spacial score (nSPS) is 28.2. The molecule has 0 saturated carbocycles. The van der Waals surface area contributed by atoms with Crippen molar-refractivity contribution in [3.05, 3.63) is 11.9 Å². The average molecular weight is 116 g/mol. The molecule has 0 radical (unpaired) electrons. The van der Waals surface area contributed by atoms with Gasteiger partial charge in [0.2, 0.25) is 0 Å². The summed E-state index contributed by atoms with van der Waals surface area (Å²) in [6.45, 7) is -0.0394. The molecule has 0 heterocycles. The first-order chi connectivity index (χ1) is 3.84. The monoisotopic (exact) mass is 116 g/mol. The highest BCUT2D eigenvalue weighted by molar-refractivity contribution is 5.03. The first-order valence-corrected chi connectivity index (χ1v) is 2.81. The molecule has 1 unspecified atom stereocenters. The van der Waals surface area contributed by atoms with Gasteiger partial charge in [-0.3, -0.25) is 0 Å². The zero-order valence-corrected chi connectivity index (χ0v) is 4.60. The number of allylic oxidation sites excluding steroid dienone is 1. The van der Waals surface area contributed by atoms with Gasteiger partial charge in [-0.15, -0.1) is 0 Å². The van der Waals surface area contributed by atoms with Crippen LogP contribution in [0.25, 0.3) is 0 Å². The van der Waals surface area contributed by atoms with Crippen LogP contribution in [0.15, 0.2) is 11.9 Å². The Bertz CT molecular complexity index is 109. The van der Waals surface area contributed by atoms with Crippen LogP contribution >= 0.6 is 0 Å². The molecule has 1 nitrogen and oxygen atoms in total. The lowest BCUT2D eigenvalue weighted by Crippen LogP contribution is -2.00. The maximum Gasteiger partial charge on any atom is 0.101 e. The predicted molar refractivity (Wildman–Crippen MR) is 29.0 cm³/mol. The number of hydrogen-bond acceptors (Lipinski definition) is 1. The molecule has 1 N–H and O–H groups in total. The van der Waals surface area contributed by atoms with Gasteiger partial charge in [0.05, 0.1) is 6.61 Å². The quantitative estimate of drug-likeness (QED) is 0.546. The molecule has 0 aliphatic heterocycles. The second kappa shape index (κ2) is 2.27. The van der Waals surface area contributed by atoms with Gasteiger partial charge in [0.1, 0.15) is 5.83 Å². The number of hydrogen-bond donors (Lipinski definition) is 1. The summed E-state index contributed by atoms with van der Waals surface area (Å²) in [6.07, 6.45) is 3.11. The van der Waals surface area contributed by atoms with Gasteiger partial charge in [-0.05, 0) is 12.8 Å². The highest BCUT2D eigenvalue weighted by Crippen LogP contribution is 2.25. The Labute approximate surface area is 47.8 Å². The number of halogens is 1. The molecule has 1 aliphatic carbocycles. The fourth-order valence-electron chi connectivity index (χ4n) is 0.905. The highest BCUT2D eigenvalue weighted by Gasteiger charge is 2.16. The van der Waals surface area contributed by atoms with Crippen molar-refractivity contribution in [1.29, 1.82) is 0 Å². The van der Waals surface area contributed by atoms with E-state index in [9.17, 15) is 4.39 Å². The first kappa shape index (κ1) is 5.76. The van der Waals surface area contributed by atoms with Crippen molar-refractivity contribution in [3.63, 3.8) is 0 Å². The summed E-state index contributed by atoms with van der Waals surface area (Å²) in [5.74, 6) is -0.317. The summed E-state index contributed by atoms with van der Waals surface area (Å²) in [4.78, 5) is 0. The van der Waals surface area contributed by atoms with Gasteiger partial charge in [-0.1, -0.05) is 6.08 Å². The summed E-state index contributed by atoms with van der Waals surface area (Å²) in [6, 6.07) is 0. The van der Waals surface area contributed by atoms with Gasteiger partial charge in [0.25, 0.3) is 0 Å². The lowest BCUT2D eigenvalue weighted by Gasteiger charge is -2.00. The molecule has 1 rings (SSSR count). The third-order valence-electron chi connectivity index (χ3n) is 1.46. The van der Waals surface area contributed by atoms with E-state index >= 15 is 0 Å². The Kier molecular flexibility index (Phi) is 1.63. The van der Waals surface area contributed by atoms with Crippen LogP contribution in [0.2, 0.25) is 0 Å². The Balaban J connectivity index is 2.46. The van der Waals surface area contributed by atoms with E-state index in [-0.39, 0.29) is 18.4 Å². The smallest absolute Gasteiger partial charge is 0.101 e. The van der Waals surface area contributed by atoms with Crippen molar-refractivity contribution in [2.75, 3.05) is 6.61 Å². The summed E-state index contributed by atoms with van der Waals surface area (Å²) in [5, 5.41) is 8.46. The topological polar surface area (TPSA) is 20.2 Å². The summed E-state index contributed by atoms with van der Waals surface area (Å²) in [5.41, 5.74) is 0. The van der Waals surface area contributed by atoms with E-state index in [2.05, 4.69) is 0 Å². The Hall–Kier alpha value is -0.370. The van der Waals surface area contributed by atoms with Crippen LogP contribution in [-0.4, -0.2) is 11.7 Å². The standard InChI is InChI=1S/C6H9FO/c7-6-3-1-2-5(6)4-8/h3,5,8H,1-2,4H2. The lowest BCUT2D eigenvalue weighted by molar-refractivity contribution is 0.230. The molecule has 0 saturated heterocycles. The fourth-order valence-corrected chi connectivity index (χ4v) is 0.905. The maximum absolute atomic E-state index is 12.3. The minimum atomic E-state index is -0.185. The van der Waals surface area contributed by atoms with Crippen molar-refractivity contribution in [2.24, 2.45) is 5.92 Å². The predicted octanol–water partition coefficient (Wildman–Crippen LogP) is 1.24. The molecule has 0 spiro atoms. The average Bonchev–Trinajstić information content (AvgIpc) is 2.14. The minimum Gasteiger partial charge on any atom is -0.396 e. The van der Waals surface area contributed by atoms with Crippen molar-refractivity contribution < 1.29 is 9.50 Å². The Morgan fingerprint density at radius 2 is 2.62 bits per heavy atom. The second-order valence-corrected chi connectivity index (χ2v) is 2.05. The van der Waals surface area contributed by atoms with Gasteiger partial charge in [0, 0.05) is 5.92 Å². The van der Waals surface area contributed by atoms with Gasteiger partial charge < -0.3 is 5.11 Å². The number of rotatable bonds is 1. The van der Waals surface area contributed by atoms with Gasteiger partial charge in [-0.25, -0.2) is 4.39 Å². The van der Waals surface area contributed by atoms with Crippen molar-refractivity contribution in [2.45, 2.75) is 12.8 Å². The van der Waals surface area contributed by atoms with E-state index in [1.165, 1.54) is 0 Å². The summed E-state index contributed by atoms with van der Waals surface area (Å²) < 4.78 is 12.3. The molecule has 1 atom stereocenters. The molecule has 0 fully saturated rings. The van der Waals surface area contributed by atoms with Crippen LogP contribution in [-0.2, 0) is 0 Å². The van der Waals surface area contributed by atoms with Crippen molar-refractivity contribution >= 4 is 0 Å². The van der Waals surface area contributed by atoms with Crippen LogP contribution < -0.4 is 0 Å². The van der Waals surface area contributed by atoms with E-state index in [0.717, 1.165) is 12.8 Å². The van der Waals surface area contributed by atoms with Crippen LogP contribution in [0.1, 0.15) is 12.8 Å². The number of aliphatic hydroxyl groups is 1. The molecular formula is C6H9FO. The molecule has 8 heavy (non-hydrogen) atoms. The third-order valence-corrected chi connectivity index (χ3v) is 1.46. The molecular weight excluding hydrogens is 107 g/mol. The Morgan fingerprint density at radius 1 is 1.88 bits per heavy atom. The van der Waals surface area contributed by atoms with Gasteiger partial charge in [0.15, 0.2) is 0 Å². The molecule has 0 aromatic carbocycles. The van der Waals surface area contributed by atoms with Crippen molar-refractivity contribution in [3.8, 4) is 0 Å². The molecule has 0 bridgehead atoms. The largest absolute Gasteiger partial charge is 0.396 e. The highest BCUT2D eigenvalue weighted by atomic mass is 19.1. The van der Waals surface area contributed by atoms with E-state index < -0.39 is 0 Å². The number of aliphatic hydroxyl groups excluding tert-OH is 1. The summed E-state index contributed by atoms with van der Waals surface area (Å²) >= 11 is 0. The SMILES string of the molecule is OCC1CCC=C1F. The first-order valence-electron chi connectivity index (χ1n) is 2.81. The zero-order chi connectivity index (χ0) is 5.98. The summed E-state index contributed by atoms with van der Waals surface area (Å²) in [7, 11) is 0. The van der Waals surface area contributed by atoms with E-state index in [1.807, 2.05) is 0 Å². The molecule has 1 aliphatic rings. The fraction of sp³-hybridized carbons (Fsp3) is 0.667. The minimum absolute atomic E-state index is 0.0394. The van der Waals surface area contributed by atoms with E-state index in [1.54, 1.807) is 6.08 Å². The third kappa shape index (κ3) is 0.892. The zero-order valence-electron chi connectivity index (χ0n) is 4.60. The molecule has 46 valence electrons. The molecule has 0 aromatic heterocycles. The Morgan fingerprint density at radius 3 is 2.88 bits per heavy atom. The lowest BCUT2D eigenvalue weighted by atomic mass is 10.1.